The van der Waals surface area contributed by atoms with Crippen molar-refractivity contribution < 1.29 is 49.0 Å². The quantitative estimate of drug-likeness (QED) is 0.289. The number of esters is 1. The number of ether oxygens (including phenoxy) is 3. The Morgan fingerprint density at radius 1 is 0.895 bits per heavy atom. The number of carbonyl (C=O) groups excluding carboxylic acids is 2. The molecular weight excluding hydrogens is 496 g/mol. The van der Waals surface area contributed by atoms with Crippen LogP contribution in [0.5, 0.6) is 0 Å². The Kier molecular flexibility index (Phi) is 7.92. The van der Waals surface area contributed by atoms with E-state index >= 15 is 0 Å². The van der Waals surface area contributed by atoms with Crippen molar-refractivity contribution in [2.45, 2.75) is 108 Å². The van der Waals surface area contributed by atoms with Crippen molar-refractivity contribution in [2.75, 3.05) is 6.61 Å². The Morgan fingerprint density at radius 3 is 2.34 bits per heavy atom. The van der Waals surface area contributed by atoms with Crippen LogP contribution in [0.4, 0.5) is 0 Å². The topological polar surface area (TPSA) is 160 Å². The van der Waals surface area contributed by atoms with Crippen LogP contribution in [0.15, 0.2) is 0 Å². The van der Waals surface area contributed by atoms with Crippen LogP contribution in [0.2, 0.25) is 0 Å². The molecule has 0 amide bonds. The van der Waals surface area contributed by atoms with E-state index in [1.54, 1.807) is 0 Å². The van der Waals surface area contributed by atoms with Gasteiger partial charge in [-0.15, -0.1) is 0 Å². The molecule has 214 valence electrons. The summed E-state index contributed by atoms with van der Waals surface area (Å²) in [5, 5.41) is 39.7. The van der Waals surface area contributed by atoms with Crippen LogP contribution < -0.4 is 0 Å². The van der Waals surface area contributed by atoms with Crippen LogP contribution in [0.25, 0.3) is 0 Å². The fourth-order valence-corrected chi connectivity index (χ4v) is 9.09. The summed E-state index contributed by atoms with van der Waals surface area (Å²) < 4.78 is 16.4. The Balaban J connectivity index is 1.20. The van der Waals surface area contributed by atoms with Gasteiger partial charge in [-0.05, 0) is 92.8 Å². The molecule has 0 aromatic carbocycles. The van der Waals surface area contributed by atoms with Crippen LogP contribution in [-0.4, -0.2) is 81.6 Å². The minimum Gasteiger partial charge on any atom is -0.479 e. The summed E-state index contributed by atoms with van der Waals surface area (Å²) in [7, 11) is 0. The van der Waals surface area contributed by atoms with Crippen molar-refractivity contribution in [2.24, 2.45) is 40.9 Å². The first-order valence-corrected chi connectivity index (χ1v) is 14.2. The van der Waals surface area contributed by atoms with Gasteiger partial charge in [0.2, 0.25) is 0 Å². The van der Waals surface area contributed by atoms with Crippen molar-refractivity contribution in [1.82, 2.24) is 0 Å². The fourth-order valence-electron chi connectivity index (χ4n) is 9.09. The van der Waals surface area contributed by atoms with Gasteiger partial charge in [0.1, 0.15) is 24.9 Å². The summed E-state index contributed by atoms with van der Waals surface area (Å²) in [6.07, 6.45) is 0.656. The molecule has 0 bridgehead atoms. The SMILES string of the molecule is CC(=O)OCC(=O)[C@H]1CC[C@H]2[C@@H]3CC[C@@H]4C[C@@H](OC5O[C@H](C(=O)O)[C@@H](O)[C@@H](O)[C@H]5O)CC[C@@H]4[C@H]3CC[C@]12C. The molecule has 5 aliphatic rings. The molecule has 13 atom stereocenters. The van der Waals surface area contributed by atoms with Crippen molar-refractivity contribution >= 4 is 17.7 Å². The van der Waals surface area contributed by atoms with Crippen molar-refractivity contribution in [3.05, 3.63) is 0 Å². The number of carboxylic acids is 1. The molecule has 0 radical (unpaired) electrons. The van der Waals surface area contributed by atoms with Crippen molar-refractivity contribution in [1.29, 1.82) is 0 Å². The maximum atomic E-state index is 12.9. The highest BCUT2D eigenvalue weighted by atomic mass is 16.7. The number of aliphatic carboxylic acids is 1. The predicted molar refractivity (Wildman–Crippen MR) is 131 cm³/mol. The molecule has 0 spiro atoms. The van der Waals surface area contributed by atoms with Gasteiger partial charge in [0.05, 0.1) is 6.10 Å². The van der Waals surface area contributed by atoms with E-state index in [-0.39, 0.29) is 29.8 Å². The molecule has 5 rings (SSSR count). The normalized spacial score (nSPS) is 48.3. The van der Waals surface area contributed by atoms with E-state index in [0.29, 0.717) is 29.6 Å². The van der Waals surface area contributed by atoms with E-state index in [2.05, 4.69) is 6.92 Å². The number of carboxylic acid groups (broad SMARTS) is 1. The second-order valence-electron chi connectivity index (χ2n) is 12.7. The van der Waals surface area contributed by atoms with E-state index in [1.807, 2.05) is 0 Å². The number of hydrogen-bond donors (Lipinski definition) is 4. The lowest BCUT2D eigenvalue weighted by Crippen LogP contribution is -2.61. The van der Waals surface area contributed by atoms with Gasteiger partial charge in [-0.3, -0.25) is 9.59 Å². The summed E-state index contributed by atoms with van der Waals surface area (Å²) >= 11 is 0. The molecule has 4 N–H and O–H groups in total. The number of fused-ring (bicyclic) bond motifs is 5. The maximum absolute atomic E-state index is 12.9. The Morgan fingerprint density at radius 2 is 1.63 bits per heavy atom. The molecule has 1 unspecified atom stereocenters. The molecule has 5 fully saturated rings. The third-order valence-corrected chi connectivity index (χ3v) is 10.9. The minimum absolute atomic E-state index is 0.0356. The zero-order valence-electron chi connectivity index (χ0n) is 22.2. The average Bonchev–Trinajstić information content (AvgIpc) is 3.24. The first kappa shape index (κ1) is 28.0. The molecule has 0 aromatic rings. The second-order valence-corrected chi connectivity index (χ2v) is 12.7. The first-order valence-electron chi connectivity index (χ1n) is 14.2. The number of ketones is 1. The number of rotatable bonds is 6. The van der Waals surface area contributed by atoms with E-state index in [0.717, 1.165) is 57.8 Å². The molecule has 10 nitrogen and oxygen atoms in total. The number of Topliss-reactive ketones (excluding diaryl/α,β-unsaturated/α-hetero) is 1. The largest absolute Gasteiger partial charge is 0.479 e. The molecular formula is C28H42O10. The summed E-state index contributed by atoms with van der Waals surface area (Å²) in [5.74, 6) is 0.943. The summed E-state index contributed by atoms with van der Waals surface area (Å²) in [6, 6.07) is 0. The van der Waals surface area contributed by atoms with E-state index in [4.69, 9.17) is 14.2 Å². The highest BCUT2D eigenvalue weighted by molar-refractivity contribution is 5.85. The number of carbonyl (C=O) groups is 3. The van der Waals surface area contributed by atoms with Gasteiger partial charge in [0.15, 0.2) is 18.2 Å². The molecule has 0 aromatic heterocycles. The van der Waals surface area contributed by atoms with Gasteiger partial charge in [-0.1, -0.05) is 6.92 Å². The average molecular weight is 539 g/mol. The van der Waals surface area contributed by atoms with Crippen LogP contribution in [-0.2, 0) is 28.6 Å². The van der Waals surface area contributed by atoms with Crippen LogP contribution >= 0.6 is 0 Å². The van der Waals surface area contributed by atoms with Crippen LogP contribution in [0.1, 0.15) is 71.6 Å². The lowest BCUT2D eigenvalue weighted by atomic mass is 9.49. The molecule has 4 aliphatic carbocycles. The third kappa shape index (κ3) is 4.91. The lowest BCUT2D eigenvalue weighted by Gasteiger charge is -2.56. The third-order valence-electron chi connectivity index (χ3n) is 10.9. The van der Waals surface area contributed by atoms with Crippen molar-refractivity contribution in [3.63, 3.8) is 0 Å². The Bertz CT molecular complexity index is 923. The summed E-state index contributed by atoms with van der Waals surface area (Å²) in [5.41, 5.74) is -0.0356. The Labute approximate surface area is 223 Å². The standard InChI is InChI=1S/C28H42O10/c1-13(29)36-12-21(30)20-8-7-19-18-5-3-14-11-15(4-6-16(14)17(18)9-10-28(19,20)2)37-27-24(33)22(31)23(32)25(38-27)26(34)35/h14-20,22-25,27,31-33H,3-12H2,1-2H3,(H,34,35)/t14-,15+,16+,17-,18-,19+,20-,22-,23+,24-,25+,27?,28+/m1/s1. The highest BCUT2D eigenvalue weighted by Gasteiger charge is 2.58. The number of aliphatic hydroxyl groups excluding tert-OH is 3. The first-order chi connectivity index (χ1) is 18.0. The highest BCUT2D eigenvalue weighted by Crippen LogP contribution is 2.64. The van der Waals surface area contributed by atoms with Gasteiger partial charge in [-0.25, -0.2) is 4.79 Å². The number of hydrogen-bond acceptors (Lipinski definition) is 9. The fraction of sp³-hybridized carbons (Fsp3) is 0.893. The van der Waals surface area contributed by atoms with Gasteiger partial charge < -0.3 is 34.6 Å². The number of aliphatic hydroxyl groups is 3. The summed E-state index contributed by atoms with van der Waals surface area (Å²) in [4.78, 5) is 35.6. The van der Waals surface area contributed by atoms with E-state index < -0.39 is 42.6 Å². The molecule has 38 heavy (non-hydrogen) atoms. The van der Waals surface area contributed by atoms with E-state index in [9.17, 15) is 34.8 Å². The predicted octanol–water partition coefficient (Wildman–Crippen LogP) is 1.66. The van der Waals surface area contributed by atoms with Crippen LogP contribution in [0.3, 0.4) is 0 Å². The Hall–Kier alpha value is -1.59. The van der Waals surface area contributed by atoms with Gasteiger partial charge >= 0.3 is 11.9 Å². The molecule has 4 saturated carbocycles. The van der Waals surface area contributed by atoms with Gasteiger partial charge in [-0.2, -0.15) is 0 Å². The monoisotopic (exact) mass is 538 g/mol. The van der Waals surface area contributed by atoms with E-state index in [1.165, 1.54) is 6.92 Å². The molecule has 1 heterocycles. The van der Waals surface area contributed by atoms with Gasteiger partial charge in [0, 0.05) is 12.8 Å². The maximum Gasteiger partial charge on any atom is 0.335 e. The molecule has 10 heteroatoms. The van der Waals surface area contributed by atoms with Crippen LogP contribution in [0, 0.1) is 40.9 Å². The zero-order valence-corrected chi connectivity index (χ0v) is 22.2. The second kappa shape index (κ2) is 10.8. The van der Waals surface area contributed by atoms with Crippen molar-refractivity contribution in [3.8, 4) is 0 Å². The molecule has 1 saturated heterocycles. The summed E-state index contributed by atoms with van der Waals surface area (Å²) in [6.45, 7) is 3.49. The van der Waals surface area contributed by atoms with Gasteiger partial charge in [0.25, 0.3) is 0 Å². The minimum atomic E-state index is -1.72. The molecule has 1 aliphatic heterocycles. The zero-order chi connectivity index (χ0) is 27.4. The lowest BCUT2D eigenvalue weighted by molar-refractivity contribution is -0.308. The smallest absolute Gasteiger partial charge is 0.335 e.